The van der Waals surface area contributed by atoms with Gasteiger partial charge in [0, 0.05) is 29.0 Å². The molecule has 1 amide bonds. The second kappa shape index (κ2) is 11.4. The number of rotatable bonds is 9. The van der Waals surface area contributed by atoms with Gasteiger partial charge in [0.15, 0.2) is 11.5 Å². The van der Waals surface area contributed by atoms with Gasteiger partial charge < -0.3 is 23.8 Å². The number of hydrogen-bond acceptors (Lipinski definition) is 8. The molecule has 1 atom stereocenters. The Bertz CT molecular complexity index is 1380. The summed E-state index contributed by atoms with van der Waals surface area (Å²) in [6.45, 7) is 0.0171. The van der Waals surface area contributed by atoms with Gasteiger partial charge in [0.25, 0.3) is 0 Å². The van der Waals surface area contributed by atoms with Crippen molar-refractivity contribution < 1.29 is 28.6 Å². The van der Waals surface area contributed by atoms with Crippen LogP contribution in [-0.2, 0) is 22.5 Å². The molecular weight excluding hydrogens is 510 g/mol. The Balaban J connectivity index is 1.40. The Labute approximate surface area is 224 Å². The highest BCUT2D eigenvalue weighted by molar-refractivity contribution is 6.30. The van der Waals surface area contributed by atoms with Crippen LogP contribution in [0.1, 0.15) is 28.7 Å². The fourth-order valence-corrected chi connectivity index (χ4v) is 4.58. The summed E-state index contributed by atoms with van der Waals surface area (Å²) >= 11 is 6.02. The first-order chi connectivity index (χ1) is 18.6. The molecule has 0 fully saturated rings. The number of hydrogen-bond donors (Lipinski definition) is 1. The Hall–Kier alpha value is -4.24. The molecule has 0 aliphatic carbocycles. The number of hydrazone groups is 1. The van der Waals surface area contributed by atoms with Crippen LogP contribution in [0.25, 0.3) is 0 Å². The van der Waals surface area contributed by atoms with Gasteiger partial charge in [-0.05, 0) is 23.3 Å². The zero-order chi connectivity index (χ0) is 26.5. The van der Waals surface area contributed by atoms with E-state index in [0.29, 0.717) is 46.4 Å². The lowest BCUT2D eigenvalue weighted by molar-refractivity contribution is -0.120. The maximum atomic E-state index is 12.4. The van der Waals surface area contributed by atoms with Crippen LogP contribution in [-0.4, -0.2) is 44.9 Å². The van der Waals surface area contributed by atoms with Gasteiger partial charge in [-0.3, -0.25) is 4.79 Å². The average Bonchev–Trinajstić information content (AvgIpc) is 3.60. The van der Waals surface area contributed by atoms with Crippen molar-refractivity contribution in [2.45, 2.75) is 25.4 Å². The van der Waals surface area contributed by atoms with Crippen LogP contribution >= 0.6 is 11.6 Å². The normalized spacial score (nSPS) is 15.8. The predicted molar refractivity (Wildman–Crippen MR) is 143 cm³/mol. The van der Waals surface area contributed by atoms with Crippen molar-refractivity contribution in [2.24, 2.45) is 10.3 Å². The molecule has 196 valence electrons. The van der Waals surface area contributed by atoms with E-state index in [2.05, 4.69) is 15.7 Å². The van der Waals surface area contributed by atoms with Crippen LogP contribution in [0.15, 0.2) is 64.9 Å². The maximum Gasteiger partial charge on any atom is 0.244 e. The Morgan fingerprint density at radius 1 is 1.08 bits per heavy atom. The van der Waals surface area contributed by atoms with E-state index in [4.69, 9.17) is 35.4 Å². The maximum absolute atomic E-state index is 12.4. The molecule has 0 radical (unpaired) electrons. The van der Waals surface area contributed by atoms with Gasteiger partial charge in [-0.2, -0.15) is 5.10 Å². The van der Waals surface area contributed by atoms with E-state index >= 15 is 0 Å². The average molecular weight is 536 g/mol. The number of carbonyl (C=O) groups is 1. The summed E-state index contributed by atoms with van der Waals surface area (Å²) in [5, 5.41) is 9.16. The third-order valence-electron chi connectivity index (χ3n) is 6.21. The Kier molecular flexibility index (Phi) is 7.65. The molecule has 10 heteroatoms. The molecular formula is C28H26ClN3O6. The highest BCUT2D eigenvalue weighted by Gasteiger charge is 2.33. The van der Waals surface area contributed by atoms with Crippen molar-refractivity contribution >= 4 is 29.4 Å². The topological polar surface area (TPSA) is 100.0 Å². The summed E-state index contributed by atoms with van der Waals surface area (Å²) in [5.41, 5.74) is 6.56. The van der Waals surface area contributed by atoms with Gasteiger partial charge in [0.2, 0.25) is 24.2 Å². The smallest absolute Gasteiger partial charge is 0.244 e. The number of amides is 1. The summed E-state index contributed by atoms with van der Waals surface area (Å²) in [6, 6.07) is 16.9. The molecule has 0 aromatic heterocycles. The van der Waals surface area contributed by atoms with Gasteiger partial charge in [0.1, 0.15) is 6.10 Å². The molecule has 2 aliphatic rings. The number of ether oxygens (including phenoxy) is 4. The molecule has 0 bridgehead atoms. The van der Waals surface area contributed by atoms with E-state index in [-0.39, 0.29) is 25.2 Å². The minimum Gasteiger partial charge on any atom is -0.492 e. The van der Waals surface area contributed by atoms with Crippen molar-refractivity contribution in [2.75, 3.05) is 21.0 Å². The number of methoxy groups -OCH3 is 2. The zero-order valence-corrected chi connectivity index (χ0v) is 21.7. The van der Waals surface area contributed by atoms with Gasteiger partial charge in [-0.1, -0.05) is 59.2 Å². The number of benzene rings is 3. The number of fused-ring (bicyclic) bond motifs is 1. The molecule has 0 saturated heterocycles. The molecule has 38 heavy (non-hydrogen) atoms. The fourth-order valence-electron chi connectivity index (χ4n) is 4.46. The predicted octanol–water partition coefficient (Wildman–Crippen LogP) is 4.51. The monoisotopic (exact) mass is 535 g/mol. The number of halogens is 1. The molecule has 9 nitrogen and oxygen atoms in total. The van der Waals surface area contributed by atoms with Crippen molar-refractivity contribution in [1.29, 1.82) is 0 Å². The molecule has 0 unspecified atom stereocenters. The van der Waals surface area contributed by atoms with E-state index in [9.17, 15) is 4.79 Å². The zero-order valence-electron chi connectivity index (χ0n) is 20.9. The van der Waals surface area contributed by atoms with Crippen LogP contribution < -0.4 is 24.4 Å². The first-order valence-corrected chi connectivity index (χ1v) is 12.4. The summed E-state index contributed by atoms with van der Waals surface area (Å²) in [5.74, 6) is 1.50. The standard InChI is InChI=1S/C28H26ClN3O6/c1-34-25-21(13-20-14-23(32-38-20)18-8-10-19(29)11-9-18)22(26-28(27(25)35-2)37-16-36-26)15-30-31-24(33)12-17-6-4-3-5-7-17/h3-11,15,20H,12-14,16H2,1-2H3,(H,31,33)/b30-15+/t20-/m1/s1. The second-order valence-corrected chi connectivity index (χ2v) is 9.10. The SMILES string of the molecule is COc1c(C[C@@H]2CC(c3ccc(Cl)cc3)=NO2)c(/C=N/NC(=O)Cc2ccccc2)c2c(c1OC)OCO2. The molecule has 1 N–H and O–H groups in total. The van der Waals surface area contributed by atoms with Crippen LogP contribution in [0.2, 0.25) is 5.02 Å². The minimum atomic E-state index is -0.278. The molecule has 2 aliphatic heterocycles. The fraction of sp³-hybridized carbons (Fsp3) is 0.250. The molecule has 5 rings (SSSR count). The Morgan fingerprint density at radius 2 is 1.82 bits per heavy atom. The molecule has 0 spiro atoms. The highest BCUT2D eigenvalue weighted by Crippen LogP contribution is 2.52. The van der Waals surface area contributed by atoms with E-state index in [1.165, 1.54) is 13.3 Å². The summed E-state index contributed by atoms with van der Waals surface area (Å²) in [7, 11) is 3.09. The lowest BCUT2D eigenvalue weighted by atomic mass is 9.95. The van der Waals surface area contributed by atoms with Crippen LogP contribution in [0.5, 0.6) is 23.0 Å². The largest absolute Gasteiger partial charge is 0.492 e. The summed E-state index contributed by atoms with van der Waals surface area (Å²) in [6.07, 6.45) is 2.45. The quantitative estimate of drug-likeness (QED) is 0.319. The van der Waals surface area contributed by atoms with Gasteiger partial charge in [0.05, 0.1) is 32.6 Å². The van der Waals surface area contributed by atoms with Crippen molar-refractivity contribution in [1.82, 2.24) is 5.43 Å². The van der Waals surface area contributed by atoms with E-state index in [1.54, 1.807) is 7.11 Å². The Morgan fingerprint density at radius 3 is 2.55 bits per heavy atom. The van der Waals surface area contributed by atoms with Crippen LogP contribution in [0.4, 0.5) is 0 Å². The van der Waals surface area contributed by atoms with Crippen molar-refractivity contribution in [3.63, 3.8) is 0 Å². The van der Waals surface area contributed by atoms with Gasteiger partial charge in [-0.15, -0.1) is 0 Å². The van der Waals surface area contributed by atoms with Crippen LogP contribution in [0.3, 0.4) is 0 Å². The molecule has 3 aromatic rings. The van der Waals surface area contributed by atoms with Gasteiger partial charge in [-0.25, -0.2) is 5.43 Å². The highest BCUT2D eigenvalue weighted by atomic mass is 35.5. The summed E-state index contributed by atoms with van der Waals surface area (Å²) < 4.78 is 22.8. The molecule has 3 aromatic carbocycles. The first-order valence-electron chi connectivity index (χ1n) is 12.0. The second-order valence-electron chi connectivity index (χ2n) is 8.66. The number of nitrogens with zero attached hydrogens (tertiary/aromatic N) is 2. The van der Waals surface area contributed by atoms with E-state index in [1.807, 2.05) is 54.6 Å². The third-order valence-corrected chi connectivity index (χ3v) is 6.46. The number of carbonyl (C=O) groups excluding carboxylic acids is 1. The van der Waals surface area contributed by atoms with E-state index < -0.39 is 0 Å². The summed E-state index contributed by atoms with van der Waals surface area (Å²) in [4.78, 5) is 18.2. The lowest BCUT2D eigenvalue weighted by Crippen LogP contribution is -2.20. The van der Waals surface area contributed by atoms with Crippen LogP contribution in [0, 0.1) is 0 Å². The lowest BCUT2D eigenvalue weighted by Gasteiger charge is -2.19. The third kappa shape index (κ3) is 5.38. The van der Waals surface area contributed by atoms with Crippen molar-refractivity contribution in [3.8, 4) is 23.0 Å². The minimum absolute atomic E-state index is 0.0171. The van der Waals surface area contributed by atoms with Gasteiger partial charge >= 0.3 is 0 Å². The van der Waals surface area contributed by atoms with E-state index in [0.717, 1.165) is 22.4 Å². The molecule has 2 heterocycles. The molecule has 0 saturated carbocycles. The first kappa shape index (κ1) is 25.4. The number of nitrogens with one attached hydrogen (secondary N) is 1. The van der Waals surface area contributed by atoms with Crippen molar-refractivity contribution in [3.05, 3.63) is 81.9 Å². The number of oxime groups is 1.